The van der Waals surface area contributed by atoms with Crippen molar-refractivity contribution in [2.75, 3.05) is 26.9 Å². The Balaban J connectivity index is 2.08. The SMILES string of the molecule is COCCOc1ccc(Cl)cc1[C@H]1C[C@@H]1CN. The topological polar surface area (TPSA) is 44.5 Å². The van der Waals surface area contributed by atoms with E-state index in [0.29, 0.717) is 25.0 Å². The van der Waals surface area contributed by atoms with Crippen LogP contribution < -0.4 is 10.5 Å². The molecule has 2 atom stereocenters. The number of nitrogens with two attached hydrogens (primary N) is 1. The molecular weight excluding hydrogens is 238 g/mol. The fourth-order valence-electron chi connectivity index (χ4n) is 2.06. The second kappa shape index (κ2) is 5.71. The Morgan fingerprint density at radius 1 is 1.41 bits per heavy atom. The van der Waals surface area contributed by atoms with Crippen LogP contribution in [0, 0.1) is 5.92 Å². The van der Waals surface area contributed by atoms with E-state index in [-0.39, 0.29) is 0 Å². The van der Waals surface area contributed by atoms with Crippen molar-refractivity contribution >= 4 is 11.6 Å². The Hall–Kier alpha value is -0.770. The van der Waals surface area contributed by atoms with Gasteiger partial charge in [-0.1, -0.05) is 11.6 Å². The second-order valence-electron chi connectivity index (χ2n) is 4.36. The summed E-state index contributed by atoms with van der Waals surface area (Å²) in [6, 6.07) is 5.77. The zero-order valence-electron chi connectivity index (χ0n) is 9.99. The van der Waals surface area contributed by atoms with Gasteiger partial charge < -0.3 is 15.2 Å². The van der Waals surface area contributed by atoms with E-state index in [1.807, 2.05) is 18.2 Å². The van der Waals surface area contributed by atoms with Crippen LogP contribution in [0.4, 0.5) is 0 Å². The third-order valence-electron chi connectivity index (χ3n) is 3.14. The van der Waals surface area contributed by atoms with Crippen molar-refractivity contribution in [1.82, 2.24) is 0 Å². The largest absolute Gasteiger partial charge is 0.491 e. The number of ether oxygens (including phenoxy) is 2. The molecule has 17 heavy (non-hydrogen) atoms. The van der Waals surface area contributed by atoms with Gasteiger partial charge in [0.15, 0.2) is 0 Å². The molecule has 1 fully saturated rings. The molecule has 2 N–H and O–H groups in total. The van der Waals surface area contributed by atoms with Crippen molar-refractivity contribution < 1.29 is 9.47 Å². The molecule has 3 nitrogen and oxygen atoms in total. The second-order valence-corrected chi connectivity index (χ2v) is 4.80. The Labute approximate surface area is 107 Å². The highest BCUT2D eigenvalue weighted by atomic mass is 35.5. The van der Waals surface area contributed by atoms with Crippen LogP contribution in [0.1, 0.15) is 17.9 Å². The van der Waals surface area contributed by atoms with E-state index in [1.165, 1.54) is 5.56 Å². The fraction of sp³-hybridized carbons (Fsp3) is 0.538. The molecule has 0 bridgehead atoms. The van der Waals surface area contributed by atoms with E-state index in [0.717, 1.165) is 23.7 Å². The van der Waals surface area contributed by atoms with Gasteiger partial charge in [0.1, 0.15) is 12.4 Å². The van der Waals surface area contributed by atoms with Crippen LogP contribution in [0.2, 0.25) is 5.02 Å². The normalized spacial score (nSPS) is 22.5. The van der Waals surface area contributed by atoms with Crippen LogP contribution >= 0.6 is 11.6 Å². The Morgan fingerprint density at radius 2 is 2.24 bits per heavy atom. The lowest BCUT2D eigenvalue weighted by molar-refractivity contribution is 0.145. The predicted octanol–water partition coefficient (Wildman–Crippen LogP) is 2.43. The van der Waals surface area contributed by atoms with Crippen molar-refractivity contribution in [1.29, 1.82) is 0 Å². The van der Waals surface area contributed by atoms with E-state index in [9.17, 15) is 0 Å². The first kappa shape index (κ1) is 12.7. The molecular formula is C13H18ClNO2. The molecule has 0 spiro atoms. The van der Waals surface area contributed by atoms with Crippen LogP contribution in [0.5, 0.6) is 5.75 Å². The summed E-state index contributed by atoms with van der Waals surface area (Å²) >= 11 is 6.03. The monoisotopic (exact) mass is 255 g/mol. The van der Waals surface area contributed by atoms with Crippen molar-refractivity contribution in [2.45, 2.75) is 12.3 Å². The van der Waals surface area contributed by atoms with E-state index in [1.54, 1.807) is 7.11 Å². The maximum atomic E-state index is 6.03. The Morgan fingerprint density at radius 3 is 2.88 bits per heavy atom. The molecule has 1 aliphatic rings. The van der Waals surface area contributed by atoms with E-state index < -0.39 is 0 Å². The maximum absolute atomic E-state index is 6.03. The maximum Gasteiger partial charge on any atom is 0.123 e. The predicted molar refractivity (Wildman–Crippen MR) is 68.7 cm³/mol. The summed E-state index contributed by atoms with van der Waals surface area (Å²) in [7, 11) is 1.66. The minimum atomic E-state index is 0.510. The minimum absolute atomic E-state index is 0.510. The lowest BCUT2D eigenvalue weighted by Crippen LogP contribution is -2.07. The zero-order chi connectivity index (χ0) is 12.3. The van der Waals surface area contributed by atoms with Gasteiger partial charge in [0.25, 0.3) is 0 Å². The van der Waals surface area contributed by atoms with Gasteiger partial charge in [-0.2, -0.15) is 0 Å². The molecule has 1 saturated carbocycles. The van der Waals surface area contributed by atoms with Gasteiger partial charge in [-0.3, -0.25) is 0 Å². The molecule has 1 aliphatic carbocycles. The van der Waals surface area contributed by atoms with Gasteiger partial charge in [-0.25, -0.2) is 0 Å². The number of hydrogen-bond acceptors (Lipinski definition) is 3. The first-order chi connectivity index (χ1) is 8.26. The summed E-state index contributed by atoms with van der Waals surface area (Å²) in [5.74, 6) is 2.00. The number of methoxy groups -OCH3 is 1. The number of hydrogen-bond donors (Lipinski definition) is 1. The highest BCUT2D eigenvalue weighted by Crippen LogP contribution is 2.50. The first-order valence-corrected chi connectivity index (χ1v) is 6.25. The molecule has 0 radical (unpaired) electrons. The lowest BCUT2D eigenvalue weighted by atomic mass is 10.1. The molecule has 2 rings (SSSR count). The zero-order valence-corrected chi connectivity index (χ0v) is 10.7. The van der Waals surface area contributed by atoms with Crippen LogP contribution in [0.3, 0.4) is 0 Å². The van der Waals surface area contributed by atoms with E-state index in [4.69, 9.17) is 26.8 Å². The van der Waals surface area contributed by atoms with Crippen LogP contribution in [-0.2, 0) is 4.74 Å². The molecule has 0 aromatic heterocycles. The standard InChI is InChI=1S/C13H18ClNO2/c1-16-4-5-17-13-3-2-10(14)7-12(13)11-6-9(11)8-15/h2-3,7,9,11H,4-6,8,15H2,1H3/t9-,11+/m1/s1. The van der Waals surface area contributed by atoms with Gasteiger partial charge >= 0.3 is 0 Å². The van der Waals surface area contributed by atoms with Crippen LogP contribution in [-0.4, -0.2) is 26.9 Å². The average molecular weight is 256 g/mol. The fourth-order valence-corrected chi connectivity index (χ4v) is 2.25. The summed E-state index contributed by atoms with van der Waals surface area (Å²) in [4.78, 5) is 0. The van der Waals surface area contributed by atoms with Crippen molar-refractivity contribution in [2.24, 2.45) is 11.7 Å². The van der Waals surface area contributed by atoms with Gasteiger partial charge in [-0.15, -0.1) is 0 Å². The minimum Gasteiger partial charge on any atom is -0.491 e. The summed E-state index contributed by atoms with van der Waals surface area (Å²) in [5, 5.41) is 0.752. The number of halogens is 1. The molecule has 0 unspecified atom stereocenters. The van der Waals surface area contributed by atoms with Crippen molar-refractivity contribution in [3.8, 4) is 5.75 Å². The average Bonchev–Trinajstić information content (AvgIpc) is 3.10. The van der Waals surface area contributed by atoms with Gasteiger partial charge in [0.2, 0.25) is 0 Å². The Bertz CT molecular complexity index is 384. The van der Waals surface area contributed by atoms with E-state index in [2.05, 4.69) is 0 Å². The van der Waals surface area contributed by atoms with Crippen LogP contribution in [0.25, 0.3) is 0 Å². The van der Waals surface area contributed by atoms with Crippen LogP contribution in [0.15, 0.2) is 18.2 Å². The summed E-state index contributed by atoms with van der Waals surface area (Å²) in [6.07, 6.45) is 1.14. The van der Waals surface area contributed by atoms with Gasteiger partial charge in [-0.05, 0) is 48.6 Å². The van der Waals surface area contributed by atoms with Crippen molar-refractivity contribution in [3.63, 3.8) is 0 Å². The smallest absolute Gasteiger partial charge is 0.123 e. The molecule has 0 saturated heterocycles. The van der Waals surface area contributed by atoms with Gasteiger partial charge in [0, 0.05) is 12.1 Å². The third kappa shape index (κ3) is 3.12. The third-order valence-corrected chi connectivity index (χ3v) is 3.38. The molecule has 4 heteroatoms. The molecule has 94 valence electrons. The molecule has 1 aromatic rings. The molecule has 0 heterocycles. The lowest BCUT2D eigenvalue weighted by Gasteiger charge is -2.11. The summed E-state index contributed by atoms with van der Waals surface area (Å²) < 4.78 is 10.7. The Kier molecular flexibility index (Phi) is 4.26. The quantitative estimate of drug-likeness (QED) is 0.794. The first-order valence-electron chi connectivity index (χ1n) is 5.87. The highest BCUT2D eigenvalue weighted by molar-refractivity contribution is 6.30. The molecule has 0 aliphatic heterocycles. The molecule has 0 amide bonds. The molecule has 1 aromatic carbocycles. The number of benzene rings is 1. The highest BCUT2D eigenvalue weighted by Gasteiger charge is 2.38. The summed E-state index contributed by atoms with van der Waals surface area (Å²) in [6.45, 7) is 1.88. The van der Waals surface area contributed by atoms with Crippen molar-refractivity contribution in [3.05, 3.63) is 28.8 Å². The van der Waals surface area contributed by atoms with E-state index >= 15 is 0 Å². The number of rotatable bonds is 6. The summed E-state index contributed by atoms with van der Waals surface area (Å²) in [5.41, 5.74) is 6.86. The van der Waals surface area contributed by atoms with Gasteiger partial charge in [0.05, 0.1) is 6.61 Å².